The van der Waals surface area contributed by atoms with Gasteiger partial charge in [0.2, 0.25) is 0 Å². The van der Waals surface area contributed by atoms with Gasteiger partial charge in [0.1, 0.15) is 5.75 Å². The predicted octanol–water partition coefficient (Wildman–Crippen LogP) is 5.98. The van der Waals surface area contributed by atoms with Crippen molar-refractivity contribution in [2.24, 2.45) is 0 Å². The van der Waals surface area contributed by atoms with E-state index in [1.165, 1.54) is 0 Å². The van der Waals surface area contributed by atoms with Crippen LogP contribution in [0.2, 0.25) is 0 Å². The summed E-state index contributed by atoms with van der Waals surface area (Å²) in [6.07, 6.45) is 6.29. The highest BCUT2D eigenvalue weighted by Gasteiger charge is 2.20. The molecule has 6 heteroatoms. The molecule has 0 amide bonds. The number of nitrogens with zero attached hydrogens (tertiary/aromatic N) is 1. The first-order valence-corrected chi connectivity index (χ1v) is 11.3. The Bertz CT molecular complexity index is 1100. The molecule has 2 aromatic carbocycles. The van der Waals surface area contributed by atoms with E-state index in [4.69, 9.17) is 13.9 Å². The van der Waals surface area contributed by atoms with Crippen molar-refractivity contribution in [3.8, 4) is 16.9 Å². The molecule has 1 aliphatic heterocycles. The Labute approximate surface area is 194 Å². The molecule has 0 fully saturated rings. The van der Waals surface area contributed by atoms with Gasteiger partial charge in [0.05, 0.1) is 19.1 Å². The lowest BCUT2D eigenvalue weighted by Crippen LogP contribution is -2.24. The van der Waals surface area contributed by atoms with E-state index < -0.39 is 5.97 Å². The summed E-state index contributed by atoms with van der Waals surface area (Å²) < 4.78 is 16.6. The molecule has 0 saturated carbocycles. The van der Waals surface area contributed by atoms with Crippen LogP contribution < -0.4 is 9.64 Å². The van der Waals surface area contributed by atoms with Crippen molar-refractivity contribution in [1.29, 1.82) is 0 Å². The van der Waals surface area contributed by atoms with E-state index in [0.29, 0.717) is 31.7 Å². The maximum atomic E-state index is 11.8. The van der Waals surface area contributed by atoms with Crippen molar-refractivity contribution in [2.75, 3.05) is 18.1 Å². The number of carboxylic acids is 1. The number of furan rings is 1. The van der Waals surface area contributed by atoms with Gasteiger partial charge in [0.25, 0.3) is 0 Å². The number of hydrogen-bond acceptors (Lipinski definition) is 5. The molecular weight excluding hydrogens is 418 g/mol. The lowest BCUT2D eigenvalue weighted by atomic mass is 10.00. The van der Waals surface area contributed by atoms with E-state index in [9.17, 15) is 9.90 Å². The van der Waals surface area contributed by atoms with Gasteiger partial charge in [-0.2, -0.15) is 0 Å². The topological polar surface area (TPSA) is 72.1 Å². The molecule has 6 nitrogen and oxygen atoms in total. The van der Waals surface area contributed by atoms with Crippen LogP contribution in [0.15, 0.2) is 71.0 Å². The highest BCUT2D eigenvalue weighted by molar-refractivity contribution is 5.94. The number of rotatable bonds is 9. The molecule has 0 aliphatic carbocycles. The Morgan fingerprint density at radius 1 is 1.15 bits per heavy atom. The Kier molecular flexibility index (Phi) is 7.15. The summed E-state index contributed by atoms with van der Waals surface area (Å²) in [6.45, 7) is 5.90. The zero-order valence-corrected chi connectivity index (χ0v) is 19.0. The third-order valence-electron chi connectivity index (χ3n) is 5.62. The summed E-state index contributed by atoms with van der Waals surface area (Å²) in [5.74, 6) is -0.131. The van der Waals surface area contributed by atoms with Crippen LogP contribution in [0.3, 0.4) is 0 Å². The number of carbonyl (C=O) groups is 1. The summed E-state index contributed by atoms with van der Waals surface area (Å²) in [4.78, 5) is 14.0. The van der Waals surface area contributed by atoms with Crippen LogP contribution in [0.25, 0.3) is 17.2 Å². The minimum Gasteiger partial charge on any atom is -0.478 e. The first-order chi connectivity index (χ1) is 16.0. The molecule has 0 radical (unpaired) electrons. The summed E-state index contributed by atoms with van der Waals surface area (Å²) in [6, 6.07) is 16.0. The van der Waals surface area contributed by atoms with Crippen molar-refractivity contribution in [2.45, 2.75) is 39.5 Å². The van der Waals surface area contributed by atoms with Crippen LogP contribution in [0.5, 0.6) is 5.75 Å². The fourth-order valence-electron chi connectivity index (χ4n) is 3.94. The summed E-state index contributed by atoms with van der Waals surface area (Å²) in [7, 11) is 0. The molecule has 0 bridgehead atoms. The van der Waals surface area contributed by atoms with Gasteiger partial charge in [-0.3, -0.25) is 0 Å². The van der Waals surface area contributed by atoms with Crippen LogP contribution >= 0.6 is 0 Å². The number of fused-ring (bicyclic) bond motifs is 1. The standard InChI is InChI=1S/C27H29NO5/c1-3-13-32-19(2)33-25-7-4-21(5-8-25)22-6-9-26-24(15-22)16-23(27(29)30)10-12-28(26)17-20-11-14-31-18-20/h4-9,11,14-16,18-19H,3,10,12-13,17H2,1-2H3,(H,29,30). The van der Waals surface area contributed by atoms with Crippen molar-refractivity contribution in [3.05, 3.63) is 77.8 Å². The third-order valence-corrected chi connectivity index (χ3v) is 5.62. The average molecular weight is 448 g/mol. The summed E-state index contributed by atoms with van der Waals surface area (Å²) in [5.41, 5.74) is 5.42. The Morgan fingerprint density at radius 3 is 2.64 bits per heavy atom. The van der Waals surface area contributed by atoms with E-state index in [2.05, 4.69) is 30.0 Å². The minimum absolute atomic E-state index is 0.302. The smallest absolute Gasteiger partial charge is 0.331 e. The van der Waals surface area contributed by atoms with Gasteiger partial charge in [-0.25, -0.2) is 4.79 Å². The van der Waals surface area contributed by atoms with Gasteiger partial charge in [0.15, 0.2) is 6.29 Å². The van der Waals surface area contributed by atoms with Crippen LogP contribution in [-0.2, 0) is 16.1 Å². The maximum Gasteiger partial charge on any atom is 0.331 e. The predicted molar refractivity (Wildman–Crippen MR) is 128 cm³/mol. The Morgan fingerprint density at radius 2 is 1.94 bits per heavy atom. The molecule has 1 aliphatic rings. The molecule has 0 spiro atoms. The molecule has 0 saturated heterocycles. The first kappa shape index (κ1) is 22.7. The number of ether oxygens (including phenoxy) is 2. The molecular formula is C27H29NO5. The van der Waals surface area contributed by atoms with Gasteiger partial charge in [-0.15, -0.1) is 0 Å². The number of hydrogen-bond donors (Lipinski definition) is 1. The third kappa shape index (κ3) is 5.65. The Balaban J connectivity index is 1.59. The van der Waals surface area contributed by atoms with Gasteiger partial charge < -0.3 is 23.9 Å². The second kappa shape index (κ2) is 10.4. The van der Waals surface area contributed by atoms with Crippen molar-refractivity contribution in [1.82, 2.24) is 0 Å². The highest BCUT2D eigenvalue weighted by atomic mass is 16.7. The second-order valence-corrected chi connectivity index (χ2v) is 8.13. The van der Waals surface area contributed by atoms with E-state index in [-0.39, 0.29) is 6.29 Å². The van der Waals surface area contributed by atoms with Gasteiger partial charge in [0, 0.05) is 29.9 Å². The second-order valence-electron chi connectivity index (χ2n) is 8.13. The largest absolute Gasteiger partial charge is 0.478 e. The number of aliphatic carboxylic acids is 1. The SMILES string of the molecule is CCCOC(C)Oc1ccc(-c2ccc3c(c2)C=C(C(=O)O)CCN3Cc2ccoc2)cc1. The summed E-state index contributed by atoms with van der Waals surface area (Å²) >= 11 is 0. The molecule has 1 aromatic heterocycles. The average Bonchev–Trinajstić information content (AvgIpc) is 3.26. The molecule has 4 rings (SSSR count). The van der Waals surface area contributed by atoms with Crippen LogP contribution in [0, 0.1) is 0 Å². The van der Waals surface area contributed by atoms with Gasteiger partial charge in [-0.1, -0.05) is 25.1 Å². The van der Waals surface area contributed by atoms with E-state index in [0.717, 1.165) is 40.1 Å². The van der Waals surface area contributed by atoms with Crippen molar-refractivity contribution >= 4 is 17.7 Å². The molecule has 33 heavy (non-hydrogen) atoms. The number of carboxylic acid groups (broad SMARTS) is 1. The lowest BCUT2D eigenvalue weighted by Gasteiger charge is -2.25. The van der Waals surface area contributed by atoms with E-state index >= 15 is 0 Å². The van der Waals surface area contributed by atoms with Gasteiger partial charge >= 0.3 is 5.97 Å². The fraction of sp³-hybridized carbons (Fsp3) is 0.296. The van der Waals surface area contributed by atoms with Crippen LogP contribution in [-0.4, -0.2) is 30.5 Å². The first-order valence-electron chi connectivity index (χ1n) is 11.3. The van der Waals surface area contributed by atoms with Crippen molar-refractivity contribution < 1.29 is 23.8 Å². The van der Waals surface area contributed by atoms with Crippen molar-refractivity contribution in [3.63, 3.8) is 0 Å². The highest BCUT2D eigenvalue weighted by Crippen LogP contribution is 2.34. The van der Waals surface area contributed by atoms with E-state index in [1.54, 1.807) is 18.6 Å². The molecule has 1 unspecified atom stereocenters. The minimum atomic E-state index is -0.877. The molecule has 2 heterocycles. The van der Waals surface area contributed by atoms with E-state index in [1.807, 2.05) is 37.3 Å². The van der Waals surface area contributed by atoms with Crippen LogP contribution in [0.4, 0.5) is 5.69 Å². The monoisotopic (exact) mass is 447 g/mol. The quantitative estimate of drug-likeness (QED) is 0.407. The lowest BCUT2D eigenvalue weighted by molar-refractivity contribution is -0.132. The zero-order valence-electron chi connectivity index (χ0n) is 19.0. The molecule has 1 N–H and O–H groups in total. The summed E-state index contributed by atoms with van der Waals surface area (Å²) in [5, 5.41) is 9.65. The normalized spacial score (nSPS) is 14.2. The van der Waals surface area contributed by atoms with Crippen LogP contribution in [0.1, 0.15) is 37.8 Å². The fourth-order valence-corrected chi connectivity index (χ4v) is 3.94. The molecule has 172 valence electrons. The van der Waals surface area contributed by atoms with Gasteiger partial charge in [-0.05, 0) is 72.9 Å². The number of anilines is 1. The Hall–Kier alpha value is -3.51. The molecule has 1 atom stereocenters. The molecule has 3 aromatic rings. The maximum absolute atomic E-state index is 11.8. The zero-order chi connectivity index (χ0) is 23.2. The number of benzene rings is 2.